The van der Waals surface area contributed by atoms with Gasteiger partial charge in [0.1, 0.15) is 11.9 Å². The molecule has 0 saturated carbocycles. The second kappa shape index (κ2) is 14.1. The number of nitrogens with zero attached hydrogens (tertiary/aromatic N) is 1. The highest BCUT2D eigenvalue weighted by Crippen LogP contribution is 2.44. The summed E-state index contributed by atoms with van der Waals surface area (Å²) in [5, 5.41) is 2.65. The standard InChI is InChI=1S/C54H39NOS/c1-2-9-36(10-3-1)37-17-19-38(20-18-37)39-21-27-44(28-22-39)55(45-29-23-40(24-30-45)42-26-32-54-50(35-42)48-14-5-7-16-53(48)57-54)46-12-8-11-41(33-46)43-25-31-52-49(34-43)47-13-4-6-15-51(47)56-52/h1-7,9-11,13-35,47,51H,8,12H2. The van der Waals surface area contributed by atoms with Crippen molar-refractivity contribution >= 4 is 48.5 Å². The van der Waals surface area contributed by atoms with Crippen molar-refractivity contribution in [3.05, 3.63) is 217 Å². The molecular weight excluding hydrogens is 711 g/mol. The van der Waals surface area contributed by atoms with Crippen molar-refractivity contribution in [2.24, 2.45) is 0 Å². The number of rotatable bonds is 7. The second-order valence-electron chi connectivity index (χ2n) is 15.1. The highest BCUT2D eigenvalue weighted by molar-refractivity contribution is 7.25. The molecule has 3 aliphatic rings. The van der Waals surface area contributed by atoms with Crippen LogP contribution in [0.5, 0.6) is 5.75 Å². The molecule has 2 aliphatic carbocycles. The predicted octanol–water partition coefficient (Wildman–Crippen LogP) is 14.9. The van der Waals surface area contributed by atoms with E-state index < -0.39 is 0 Å². The molecule has 0 amide bonds. The van der Waals surface area contributed by atoms with E-state index in [0.29, 0.717) is 0 Å². The molecule has 0 N–H and O–H groups in total. The zero-order valence-corrected chi connectivity index (χ0v) is 32.2. The van der Waals surface area contributed by atoms with E-state index in [-0.39, 0.29) is 12.0 Å². The minimum atomic E-state index is 0.0847. The molecular formula is C54H39NOS. The molecule has 57 heavy (non-hydrogen) atoms. The highest BCUT2D eigenvalue weighted by Gasteiger charge is 2.32. The van der Waals surface area contributed by atoms with Crippen molar-refractivity contribution in [2.75, 3.05) is 4.90 Å². The van der Waals surface area contributed by atoms with Crippen LogP contribution in [0.1, 0.15) is 29.9 Å². The molecule has 11 rings (SSSR count). The van der Waals surface area contributed by atoms with Gasteiger partial charge in [-0.25, -0.2) is 0 Å². The summed E-state index contributed by atoms with van der Waals surface area (Å²) in [6.45, 7) is 0. The third-order valence-electron chi connectivity index (χ3n) is 11.7. The number of hydrogen-bond acceptors (Lipinski definition) is 3. The number of hydrogen-bond donors (Lipinski definition) is 0. The van der Waals surface area contributed by atoms with E-state index in [0.717, 1.165) is 30.0 Å². The molecule has 3 heteroatoms. The average molecular weight is 750 g/mol. The quantitative estimate of drug-likeness (QED) is 0.161. The third-order valence-corrected chi connectivity index (χ3v) is 12.9. The van der Waals surface area contributed by atoms with E-state index in [9.17, 15) is 0 Å². The van der Waals surface area contributed by atoms with Crippen molar-refractivity contribution in [1.29, 1.82) is 0 Å². The number of benzene rings is 7. The van der Waals surface area contributed by atoms with Crippen LogP contribution in [0.2, 0.25) is 0 Å². The maximum absolute atomic E-state index is 6.29. The number of allylic oxidation sites excluding steroid dienone is 6. The summed E-state index contributed by atoms with van der Waals surface area (Å²) in [6.07, 6.45) is 15.5. The molecule has 0 fully saturated rings. The van der Waals surface area contributed by atoms with Gasteiger partial charge in [-0.1, -0.05) is 133 Å². The summed E-state index contributed by atoms with van der Waals surface area (Å²) in [4.78, 5) is 2.45. The van der Waals surface area contributed by atoms with Crippen LogP contribution < -0.4 is 9.64 Å². The van der Waals surface area contributed by atoms with Crippen LogP contribution in [-0.2, 0) is 0 Å². The molecule has 2 unspecified atom stereocenters. The fourth-order valence-corrected chi connectivity index (χ4v) is 9.85. The summed E-state index contributed by atoms with van der Waals surface area (Å²) in [5.74, 6) is 1.26. The van der Waals surface area contributed by atoms with Crippen molar-refractivity contribution in [3.63, 3.8) is 0 Å². The summed E-state index contributed by atoms with van der Waals surface area (Å²) < 4.78 is 8.95. The molecule has 7 aromatic carbocycles. The Morgan fingerprint density at radius 1 is 0.509 bits per heavy atom. The van der Waals surface area contributed by atoms with Gasteiger partial charge >= 0.3 is 0 Å². The Morgan fingerprint density at radius 3 is 1.86 bits per heavy atom. The molecule has 8 aromatic rings. The van der Waals surface area contributed by atoms with Crippen LogP contribution in [0, 0.1) is 0 Å². The van der Waals surface area contributed by atoms with Crippen LogP contribution >= 0.6 is 11.3 Å². The zero-order chi connectivity index (χ0) is 37.7. The second-order valence-corrected chi connectivity index (χ2v) is 16.2. The van der Waals surface area contributed by atoms with Gasteiger partial charge in [0.2, 0.25) is 0 Å². The van der Waals surface area contributed by atoms with Gasteiger partial charge in [0.25, 0.3) is 0 Å². The molecule has 0 radical (unpaired) electrons. The lowest BCUT2D eigenvalue weighted by atomic mass is 9.89. The first-order chi connectivity index (χ1) is 28.2. The van der Waals surface area contributed by atoms with Gasteiger partial charge in [-0.3, -0.25) is 0 Å². The van der Waals surface area contributed by atoms with Crippen LogP contribution in [-0.4, -0.2) is 6.10 Å². The highest BCUT2D eigenvalue weighted by atomic mass is 32.1. The smallest absolute Gasteiger partial charge is 0.128 e. The third kappa shape index (κ3) is 6.21. The normalized spacial score (nSPS) is 16.8. The van der Waals surface area contributed by atoms with Gasteiger partial charge in [0.05, 0.1) is 0 Å². The van der Waals surface area contributed by atoms with Gasteiger partial charge in [0, 0.05) is 48.7 Å². The van der Waals surface area contributed by atoms with Gasteiger partial charge in [-0.15, -0.1) is 11.3 Å². The molecule has 2 nitrogen and oxygen atoms in total. The fraction of sp³-hybridized carbons (Fsp3) is 0.0741. The molecule has 2 heterocycles. The summed E-state index contributed by atoms with van der Waals surface area (Å²) >= 11 is 1.86. The van der Waals surface area contributed by atoms with Crippen LogP contribution in [0.3, 0.4) is 0 Å². The lowest BCUT2D eigenvalue weighted by Crippen LogP contribution is -2.18. The first-order valence-corrected chi connectivity index (χ1v) is 20.7. The van der Waals surface area contributed by atoms with Crippen molar-refractivity contribution in [3.8, 4) is 39.1 Å². The van der Waals surface area contributed by atoms with Crippen molar-refractivity contribution in [1.82, 2.24) is 0 Å². The molecule has 0 bridgehead atoms. The Hall–Kier alpha value is -6.68. The number of anilines is 2. The minimum absolute atomic E-state index is 0.0847. The Bertz CT molecular complexity index is 2910. The van der Waals surface area contributed by atoms with Crippen molar-refractivity contribution in [2.45, 2.75) is 24.9 Å². The molecule has 0 spiro atoms. The van der Waals surface area contributed by atoms with Crippen LogP contribution in [0.25, 0.3) is 59.1 Å². The fourth-order valence-electron chi connectivity index (χ4n) is 8.76. The summed E-state index contributed by atoms with van der Waals surface area (Å²) in [5.41, 5.74) is 14.7. The molecule has 1 aromatic heterocycles. The lowest BCUT2D eigenvalue weighted by Gasteiger charge is -2.30. The van der Waals surface area contributed by atoms with E-state index in [1.54, 1.807) is 0 Å². The number of fused-ring (bicyclic) bond motifs is 6. The number of ether oxygens (including phenoxy) is 1. The van der Waals surface area contributed by atoms with Gasteiger partial charge in [0.15, 0.2) is 0 Å². The summed E-state index contributed by atoms with van der Waals surface area (Å²) in [7, 11) is 0. The maximum atomic E-state index is 6.29. The Morgan fingerprint density at radius 2 is 1.11 bits per heavy atom. The largest absolute Gasteiger partial charge is 0.485 e. The number of thiophene rings is 1. The molecule has 0 saturated heterocycles. The van der Waals surface area contributed by atoms with Crippen molar-refractivity contribution < 1.29 is 4.74 Å². The maximum Gasteiger partial charge on any atom is 0.128 e. The van der Waals surface area contributed by atoms with Crippen LogP contribution in [0.15, 0.2) is 206 Å². The zero-order valence-electron chi connectivity index (χ0n) is 31.4. The summed E-state index contributed by atoms with van der Waals surface area (Å²) in [6, 6.07) is 60.0. The van der Waals surface area contributed by atoms with E-state index in [2.05, 4.69) is 205 Å². The van der Waals surface area contributed by atoms with Gasteiger partial charge in [-0.2, -0.15) is 0 Å². The molecule has 1 aliphatic heterocycles. The average Bonchev–Trinajstić information content (AvgIpc) is 3.85. The van der Waals surface area contributed by atoms with Gasteiger partial charge in [-0.05, 0) is 124 Å². The first-order valence-electron chi connectivity index (χ1n) is 19.9. The SMILES string of the molecule is C1=CC2Oc3ccc(C4=CCCC(N(c5ccc(-c6ccc(-c7ccccc7)cc6)cc5)c5ccc(-c6ccc7sc8ccccc8c7c6)cc5)=C4)cc3C2C=C1. The lowest BCUT2D eigenvalue weighted by molar-refractivity contribution is 0.269. The van der Waals surface area contributed by atoms with E-state index >= 15 is 0 Å². The molecule has 272 valence electrons. The Labute approximate surface area is 337 Å². The van der Waals surface area contributed by atoms with Gasteiger partial charge < -0.3 is 9.64 Å². The topological polar surface area (TPSA) is 12.5 Å². The predicted molar refractivity (Wildman–Crippen MR) is 241 cm³/mol. The minimum Gasteiger partial charge on any atom is -0.485 e. The molecule has 2 atom stereocenters. The first kappa shape index (κ1) is 33.6. The monoisotopic (exact) mass is 749 g/mol. The van der Waals surface area contributed by atoms with Crippen LogP contribution in [0.4, 0.5) is 11.4 Å². The van der Waals surface area contributed by atoms with E-state index in [1.807, 2.05) is 11.3 Å². The Balaban J connectivity index is 0.947. The van der Waals surface area contributed by atoms with E-state index in [4.69, 9.17) is 4.74 Å². The Kier molecular flexibility index (Phi) is 8.33. The van der Waals surface area contributed by atoms with E-state index in [1.165, 1.54) is 76.0 Å².